The van der Waals surface area contributed by atoms with Crippen LogP contribution in [0.25, 0.3) is 0 Å². The molecule has 0 unspecified atom stereocenters. The predicted octanol–water partition coefficient (Wildman–Crippen LogP) is -0.922. The van der Waals surface area contributed by atoms with Crippen LogP contribution in [0.4, 0.5) is 0 Å². The fourth-order valence-corrected chi connectivity index (χ4v) is 3.85. The van der Waals surface area contributed by atoms with E-state index in [1.807, 2.05) is 18.2 Å². The van der Waals surface area contributed by atoms with Gasteiger partial charge in [-0.25, -0.2) is 0 Å². The van der Waals surface area contributed by atoms with Crippen LogP contribution in [0, 0.1) is 11.8 Å². The van der Waals surface area contributed by atoms with E-state index < -0.39 is 18.2 Å². The second-order valence-electron chi connectivity index (χ2n) is 7.29. The molecule has 0 amide bonds. The fourth-order valence-electron chi connectivity index (χ4n) is 3.85. The number of carboxylic acid groups (broad SMARTS) is 1. The zero-order valence-electron chi connectivity index (χ0n) is 16.1. The molecule has 1 saturated heterocycles. The minimum atomic E-state index is -1.02. The zero-order valence-corrected chi connectivity index (χ0v) is 18.1. The van der Waals surface area contributed by atoms with Gasteiger partial charge in [0, 0.05) is 30.6 Å². The fraction of sp³-hybridized carbons (Fsp3) is 0.750. The second-order valence-corrected chi connectivity index (χ2v) is 7.29. The van der Waals surface area contributed by atoms with Crippen molar-refractivity contribution < 1.29 is 54.4 Å². The molecule has 1 aliphatic carbocycles. The van der Waals surface area contributed by atoms with Gasteiger partial charge in [0.15, 0.2) is 0 Å². The van der Waals surface area contributed by atoms with Crippen LogP contribution in [0.15, 0.2) is 24.0 Å². The Labute approximate surface area is 178 Å². The van der Waals surface area contributed by atoms with Crippen molar-refractivity contribution in [2.45, 2.75) is 83.0 Å². The number of hydrogen-bond donors (Lipinski definition) is 2. The Kier molecular flexibility index (Phi) is 11.1. The molecule has 0 aromatic heterocycles. The molecule has 0 spiro atoms. The topological polar surface area (TPSA) is 89.8 Å². The van der Waals surface area contributed by atoms with Crippen molar-refractivity contribution in [3.8, 4) is 0 Å². The molecule has 5 nitrogen and oxygen atoms in total. The third-order valence-corrected chi connectivity index (χ3v) is 5.25. The maximum atomic E-state index is 10.4. The molecule has 0 aromatic rings. The van der Waals surface area contributed by atoms with Gasteiger partial charge >= 0.3 is 29.6 Å². The molecule has 0 aromatic carbocycles. The number of unbranched alkanes of at least 4 members (excludes halogenated alkanes) is 3. The van der Waals surface area contributed by atoms with Gasteiger partial charge in [-0.3, -0.25) is 0 Å². The first-order chi connectivity index (χ1) is 12.0. The summed E-state index contributed by atoms with van der Waals surface area (Å²) in [6.45, 7) is 2.14. The van der Waals surface area contributed by atoms with Gasteiger partial charge in [-0.1, -0.05) is 38.3 Å². The Morgan fingerprint density at radius 1 is 1.38 bits per heavy atom. The Hall–Kier alpha value is -0.330. The van der Waals surface area contributed by atoms with Crippen LogP contribution in [0.1, 0.15) is 64.7 Å². The Morgan fingerprint density at radius 2 is 2.15 bits per heavy atom. The zero-order chi connectivity index (χ0) is 18.2. The number of allylic oxidation sites excluding steroid dienone is 2. The molecule has 2 fully saturated rings. The summed E-state index contributed by atoms with van der Waals surface area (Å²) in [5, 5.41) is 30.7. The third kappa shape index (κ3) is 7.35. The summed E-state index contributed by atoms with van der Waals surface area (Å²) >= 11 is 0. The quantitative estimate of drug-likeness (QED) is 0.293. The van der Waals surface area contributed by atoms with E-state index in [1.54, 1.807) is 0 Å². The summed E-state index contributed by atoms with van der Waals surface area (Å²) in [5.74, 6) is 0.136. The first-order valence-electron chi connectivity index (χ1n) is 9.61. The van der Waals surface area contributed by atoms with Gasteiger partial charge in [0.05, 0.1) is 18.0 Å². The van der Waals surface area contributed by atoms with Crippen LogP contribution in [0.5, 0.6) is 0 Å². The van der Waals surface area contributed by atoms with Gasteiger partial charge in [0.25, 0.3) is 0 Å². The molecule has 2 N–H and O–H groups in total. The molecule has 1 heterocycles. The molecule has 5 atom stereocenters. The van der Waals surface area contributed by atoms with Crippen molar-refractivity contribution in [1.82, 2.24) is 0 Å². The molecule has 2 aliphatic rings. The van der Waals surface area contributed by atoms with Crippen molar-refractivity contribution >= 4 is 5.97 Å². The molecule has 6 heteroatoms. The maximum Gasteiger partial charge on any atom is 1.00 e. The van der Waals surface area contributed by atoms with Gasteiger partial charge in [0.1, 0.15) is 6.10 Å². The number of carboxylic acids is 1. The van der Waals surface area contributed by atoms with E-state index in [9.17, 15) is 20.1 Å². The minimum absolute atomic E-state index is 0. The average Bonchev–Trinajstić information content (AvgIpc) is 3.06. The van der Waals surface area contributed by atoms with E-state index in [2.05, 4.69) is 6.92 Å². The van der Waals surface area contributed by atoms with E-state index in [4.69, 9.17) is 4.74 Å². The normalized spacial score (nSPS) is 30.2. The van der Waals surface area contributed by atoms with Crippen LogP contribution in [0.2, 0.25) is 0 Å². The number of aliphatic hydroxyl groups is 2. The summed E-state index contributed by atoms with van der Waals surface area (Å²) in [5.41, 5.74) is 0. The molecule has 0 bridgehead atoms. The molecule has 142 valence electrons. The summed E-state index contributed by atoms with van der Waals surface area (Å²) in [6.07, 6.45) is 11.6. The Balaban J connectivity index is 0.00000338. The number of fused-ring (bicyclic) bond motifs is 1. The SMILES string of the molecule is CCCCC[C@H](O)/C=C/[C@@H]1[C@H]2CC(=CCCCC(=O)[O-])O[C@H]2C[C@H]1O.[Na+]. The van der Waals surface area contributed by atoms with E-state index >= 15 is 0 Å². The van der Waals surface area contributed by atoms with Gasteiger partial charge in [-0.15, -0.1) is 0 Å². The first-order valence-corrected chi connectivity index (χ1v) is 9.61. The average molecular weight is 374 g/mol. The van der Waals surface area contributed by atoms with Gasteiger partial charge in [0.2, 0.25) is 0 Å². The molecule has 26 heavy (non-hydrogen) atoms. The summed E-state index contributed by atoms with van der Waals surface area (Å²) in [7, 11) is 0. The predicted molar refractivity (Wildman–Crippen MR) is 93.3 cm³/mol. The summed E-state index contributed by atoms with van der Waals surface area (Å²) in [4.78, 5) is 10.4. The van der Waals surface area contributed by atoms with Crippen molar-refractivity contribution in [2.75, 3.05) is 0 Å². The van der Waals surface area contributed by atoms with Crippen molar-refractivity contribution in [1.29, 1.82) is 0 Å². The minimum Gasteiger partial charge on any atom is -0.550 e. The third-order valence-electron chi connectivity index (χ3n) is 5.25. The second kappa shape index (κ2) is 12.2. The first kappa shape index (κ1) is 23.7. The largest absolute Gasteiger partial charge is 1.00 e. The molecule has 2 rings (SSSR count). The Morgan fingerprint density at radius 3 is 2.85 bits per heavy atom. The summed E-state index contributed by atoms with van der Waals surface area (Å²) in [6, 6.07) is 0. The van der Waals surface area contributed by atoms with Crippen LogP contribution in [0.3, 0.4) is 0 Å². The van der Waals surface area contributed by atoms with Gasteiger partial charge < -0.3 is 24.9 Å². The molecule has 1 aliphatic heterocycles. The number of aliphatic carboxylic acids is 1. The summed E-state index contributed by atoms with van der Waals surface area (Å²) < 4.78 is 5.92. The maximum absolute atomic E-state index is 10.4. The van der Waals surface area contributed by atoms with Crippen molar-refractivity contribution in [3.05, 3.63) is 24.0 Å². The van der Waals surface area contributed by atoms with Crippen molar-refractivity contribution in [2.24, 2.45) is 11.8 Å². The van der Waals surface area contributed by atoms with E-state index in [0.717, 1.165) is 37.9 Å². The van der Waals surface area contributed by atoms with Crippen LogP contribution >= 0.6 is 0 Å². The van der Waals surface area contributed by atoms with Crippen LogP contribution in [-0.4, -0.2) is 34.5 Å². The van der Waals surface area contributed by atoms with Crippen LogP contribution in [-0.2, 0) is 9.53 Å². The van der Waals surface area contributed by atoms with Gasteiger partial charge in [-0.05, 0) is 31.8 Å². The molecular weight excluding hydrogens is 343 g/mol. The van der Waals surface area contributed by atoms with Crippen LogP contribution < -0.4 is 34.7 Å². The monoisotopic (exact) mass is 374 g/mol. The number of hydrogen-bond acceptors (Lipinski definition) is 5. The van der Waals surface area contributed by atoms with E-state index in [-0.39, 0.29) is 53.9 Å². The number of carbonyl (C=O) groups is 1. The number of ether oxygens (including phenoxy) is 1. The Bertz CT molecular complexity index is 491. The number of carbonyl (C=O) groups excluding carboxylic acids is 1. The molecule has 1 saturated carbocycles. The smallest absolute Gasteiger partial charge is 0.550 e. The number of aliphatic hydroxyl groups excluding tert-OH is 2. The molecular formula is C20H31NaO5. The van der Waals surface area contributed by atoms with Gasteiger partial charge in [-0.2, -0.15) is 0 Å². The van der Waals surface area contributed by atoms with E-state index in [0.29, 0.717) is 19.3 Å². The number of rotatable bonds is 10. The van der Waals surface area contributed by atoms with Crippen molar-refractivity contribution in [3.63, 3.8) is 0 Å². The standard InChI is InChI=1S/C20H32O5.Na/c1-2-3-4-7-14(21)10-11-16-17-12-15(8-5-6-9-20(23)24)25-19(17)13-18(16)22;/h8,10-11,14,16-19,21-22H,2-7,9,12-13H2,1H3,(H,23,24);/q;+1/p-1/b11-10+,15-8?;/t14-,16+,17+,18+,19-;/m0./s1. The van der Waals surface area contributed by atoms with E-state index in [1.165, 1.54) is 0 Å². The molecule has 0 radical (unpaired) electrons.